The highest BCUT2D eigenvalue weighted by molar-refractivity contribution is 5.73. The number of nitrogens with zero attached hydrogens (tertiary/aromatic N) is 1. The summed E-state index contributed by atoms with van der Waals surface area (Å²) < 4.78 is 0. The summed E-state index contributed by atoms with van der Waals surface area (Å²) >= 11 is 0. The average Bonchev–Trinajstić information content (AvgIpc) is 2.34. The van der Waals surface area contributed by atoms with Gasteiger partial charge in [-0.25, -0.2) is 0 Å². The fourth-order valence-electron chi connectivity index (χ4n) is 2.67. The summed E-state index contributed by atoms with van der Waals surface area (Å²) in [7, 11) is 0. The number of amides is 1. The van der Waals surface area contributed by atoms with Gasteiger partial charge in [-0.1, -0.05) is 19.3 Å². The molecule has 1 fully saturated rings. The van der Waals surface area contributed by atoms with E-state index in [1.807, 2.05) is 0 Å². The third kappa shape index (κ3) is 6.03. The Morgan fingerprint density at radius 1 is 1.18 bits per heavy atom. The second-order valence-corrected chi connectivity index (χ2v) is 4.97. The van der Waals surface area contributed by atoms with Gasteiger partial charge in [-0.2, -0.15) is 0 Å². The first-order chi connectivity index (χ1) is 8.24. The molecule has 1 rings (SSSR count). The number of aliphatic hydroxyl groups is 1. The van der Waals surface area contributed by atoms with Crippen LogP contribution in [0, 0.1) is 0 Å². The largest absolute Gasteiger partial charge is 0.395 e. The molecule has 0 saturated heterocycles. The Morgan fingerprint density at radius 3 is 2.47 bits per heavy atom. The lowest BCUT2D eigenvalue weighted by atomic mass is 9.94. The molecule has 17 heavy (non-hydrogen) atoms. The van der Waals surface area contributed by atoms with E-state index in [-0.39, 0.29) is 12.5 Å². The van der Waals surface area contributed by atoms with Crippen molar-refractivity contribution in [2.45, 2.75) is 57.4 Å². The number of carbonyl (C=O) groups is 1. The third-order valence-electron chi connectivity index (χ3n) is 3.60. The molecular formula is C13H26N2O2. The van der Waals surface area contributed by atoms with E-state index in [4.69, 9.17) is 10.8 Å². The van der Waals surface area contributed by atoms with E-state index in [0.717, 1.165) is 25.9 Å². The summed E-state index contributed by atoms with van der Waals surface area (Å²) in [6, 6.07) is 0.643. The molecule has 0 aromatic carbocycles. The fourth-order valence-corrected chi connectivity index (χ4v) is 2.67. The molecule has 0 aromatic heterocycles. The van der Waals surface area contributed by atoms with E-state index in [1.54, 1.807) is 0 Å². The topological polar surface area (TPSA) is 66.6 Å². The van der Waals surface area contributed by atoms with Crippen LogP contribution in [0.3, 0.4) is 0 Å². The van der Waals surface area contributed by atoms with Crippen molar-refractivity contribution >= 4 is 5.91 Å². The molecule has 1 amide bonds. The molecule has 0 spiro atoms. The van der Waals surface area contributed by atoms with E-state index in [0.29, 0.717) is 12.5 Å². The predicted molar refractivity (Wildman–Crippen MR) is 68.6 cm³/mol. The van der Waals surface area contributed by atoms with E-state index in [1.165, 1.54) is 32.1 Å². The summed E-state index contributed by atoms with van der Waals surface area (Å²) in [4.78, 5) is 13.0. The first kappa shape index (κ1) is 14.5. The number of hydrogen-bond acceptors (Lipinski definition) is 3. The van der Waals surface area contributed by atoms with E-state index < -0.39 is 0 Å². The van der Waals surface area contributed by atoms with Crippen LogP contribution < -0.4 is 5.73 Å². The number of carbonyl (C=O) groups excluding carboxylic acids is 1. The van der Waals surface area contributed by atoms with Crippen molar-refractivity contribution in [3.63, 3.8) is 0 Å². The minimum atomic E-state index is -0.212. The maximum atomic E-state index is 10.6. The zero-order chi connectivity index (χ0) is 12.5. The monoisotopic (exact) mass is 242 g/mol. The Labute approximate surface area is 104 Å². The van der Waals surface area contributed by atoms with Crippen LogP contribution in [0.2, 0.25) is 0 Å². The number of primary amides is 1. The Balaban J connectivity index is 2.24. The van der Waals surface area contributed by atoms with Gasteiger partial charge in [0.25, 0.3) is 0 Å². The van der Waals surface area contributed by atoms with Crippen LogP contribution in [0.25, 0.3) is 0 Å². The number of aliphatic hydroxyl groups excluding tert-OH is 1. The molecule has 0 radical (unpaired) electrons. The number of nitrogens with two attached hydrogens (primary N) is 1. The summed E-state index contributed by atoms with van der Waals surface area (Å²) in [5.74, 6) is -0.212. The van der Waals surface area contributed by atoms with Gasteiger partial charge in [0.1, 0.15) is 0 Å². The van der Waals surface area contributed by atoms with Gasteiger partial charge < -0.3 is 10.8 Å². The first-order valence-electron chi connectivity index (χ1n) is 6.87. The molecule has 0 heterocycles. The normalized spacial score (nSPS) is 17.5. The SMILES string of the molecule is NC(=O)CCCCN(CCO)C1CCCCC1. The lowest BCUT2D eigenvalue weighted by molar-refractivity contribution is -0.118. The molecule has 0 bridgehead atoms. The van der Waals surface area contributed by atoms with Crippen LogP contribution in [0.4, 0.5) is 0 Å². The van der Waals surface area contributed by atoms with Crippen LogP contribution in [-0.4, -0.2) is 41.7 Å². The van der Waals surface area contributed by atoms with Gasteiger partial charge in [0.15, 0.2) is 0 Å². The third-order valence-corrected chi connectivity index (χ3v) is 3.60. The quantitative estimate of drug-likeness (QED) is 0.630. The molecule has 1 saturated carbocycles. The highest BCUT2D eigenvalue weighted by atomic mass is 16.3. The van der Waals surface area contributed by atoms with Crippen molar-refractivity contribution in [3.8, 4) is 0 Å². The van der Waals surface area contributed by atoms with Crippen LogP contribution >= 0.6 is 0 Å². The van der Waals surface area contributed by atoms with Gasteiger partial charge in [-0.3, -0.25) is 9.69 Å². The van der Waals surface area contributed by atoms with Crippen LogP contribution in [-0.2, 0) is 4.79 Å². The van der Waals surface area contributed by atoms with Gasteiger partial charge in [-0.05, 0) is 32.2 Å². The maximum Gasteiger partial charge on any atom is 0.217 e. The second kappa shape index (κ2) is 8.48. The van der Waals surface area contributed by atoms with E-state index in [9.17, 15) is 4.79 Å². The first-order valence-corrected chi connectivity index (χ1v) is 6.87. The minimum Gasteiger partial charge on any atom is -0.395 e. The lowest BCUT2D eigenvalue weighted by Crippen LogP contribution is -2.39. The molecule has 0 aliphatic heterocycles. The summed E-state index contributed by atoms with van der Waals surface area (Å²) in [5, 5.41) is 9.10. The van der Waals surface area contributed by atoms with Crippen LogP contribution in [0.15, 0.2) is 0 Å². The van der Waals surface area contributed by atoms with Crippen molar-refractivity contribution < 1.29 is 9.90 Å². The zero-order valence-corrected chi connectivity index (χ0v) is 10.7. The van der Waals surface area contributed by atoms with Crippen molar-refractivity contribution in [1.82, 2.24) is 4.90 Å². The Bertz CT molecular complexity index is 215. The van der Waals surface area contributed by atoms with E-state index in [2.05, 4.69) is 4.90 Å². The lowest BCUT2D eigenvalue weighted by Gasteiger charge is -2.33. The van der Waals surface area contributed by atoms with Crippen LogP contribution in [0.1, 0.15) is 51.4 Å². The smallest absolute Gasteiger partial charge is 0.217 e. The Morgan fingerprint density at radius 2 is 1.88 bits per heavy atom. The van der Waals surface area contributed by atoms with Gasteiger partial charge in [0.05, 0.1) is 6.61 Å². The molecule has 0 unspecified atom stereocenters. The summed E-state index contributed by atoms with van der Waals surface area (Å²) in [5.41, 5.74) is 5.12. The number of rotatable bonds is 8. The summed E-state index contributed by atoms with van der Waals surface area (Å²) in [6.45, 7) is 1.98. The number of hydrogen-bond donors (Lipinski definition) is 2. The van der Waals surface area contributed by atoms with Gasteiger partial charge in [-0.15, -0.1) is 0 Å². The highest BCUT2D eigenvalue weighted by Gasteiger charge is 2.19. The van der Waals surface area contributed by atoms with Crippen LogP contribution in [0.5, 0.6) is 0 Å². The second-order valence-electron chi connectivity index (χ2n) is 4.97. The molecule has 100 valence electrons. The molecule has 4 nitrogen and oxygen atoms in total. The van der Waals surface area contributed by atoms with E-state index >= 15 is 0 Å². The predicted octanol–water partition coefficient (Wildman–Crippen LogP) is 1.27. The average molecular weight is 242 g/mol. The fraction of sp³-hybridized carbons (Fsp3) is 0.923. The number of unbranched alkanes of at least 4 members (excludes halogenated alkanes) is 1. The molecular weight excluding hydrogens is 216 g/mol. The maximum absolute atomic E-state index is 10.6. The zero-order valence-electron chi connectivity index (χ0n) is 10.7. The van der Waals surface area contributed by atoms with Crippen molar-refractivity contribution in [2.24, 2.45) is 5.73 Å². The molecule has 3 N–H and O–H groups in total. The highest BCUT2D eigenvalue weighted by Crippen LogP contribution is 2.22. The molecule has 1 aliphatic rings. The summed E-state index contributed by atoms with van der Waals surface area (Å²) in [6.07, 6.45) is 8.85. The molecule has 1 aliphatic carbocycles. The van der Waals surface area contributed by atoms with Crippen molar-refractivity contribution in [1.29, 1.82) is 0 Å². The molecule has 0 aromatic rings. The standard InChI is InChI=1S/C13H26N2O2/c14-13(17)8-4-5-9-15(10-11-16)12-6-2-1-3-7-12/h12,16H,1-11H2,(H2,14,17). The van der Waals surface area contributed by atoms with Gasteiger partial charge in [0.2, 0.25) is 5.91 Å². The van der Waals surface area contributed by atoms with Crippen molar-refractivity contribution in [3.05, 3.63) is 0 Å². The Kier molecular flexibility index (Phi) is 7.21. The minimum absolute atomic E-state index is 0.212. The van der Waals surface area contributed by atoms with Gasteiger partial charge >= 0.3 is 0 Å². The molecule has 4 heteroatoms. The van der Waals surface area contributed by atoms with Gasteiger partial charge in [0, 0.05) is 19.0 Å². The Hall–Kier alpha value is -0.610. The molecule has 0 atom stereocenters. The van der Waals surface area contributed by atoms with Crippen molar-refractivity contribution in [2.75, 3.05) is 19.7 Å².